The van der Waals surface area contributed by atoms with Gasteiger partial charge < -0.3 is 0 Å². The van der Waals surface area contributed by atoms with Gasteiger partial charge in [-0.25, -0.2) is 4.98 Å². The molecule has 1 atom stereocenters. The van der Waals surface area contributed by atoms with Gasteiger partial charge in [-0.15, -0.1) is 0 Å². The van der Waals surface area contributed by atoms with Gasteiger partial charge in [0.05, 0.1) is 11.7 Å². The van der Waals surface area contributed by atoms with Gasteiger partial charge in [0.1, 0.15) is 11.3 Å². The molecule has 0 aromatic carbocycles. The highest BCUT2D eigenvalue weighted by Crippen LogP contribution is 2.24. The second-order valence-electron chi connectivity index (χ2n) is 5.57. The second kappa shape index (κ2) is 4.16. The van der Waals surface area contributed by atoms with Crippen molar-refractivity contribution in [1.82, 2.24) is 24.6 Å². The number of nitrogens with zero attached hydrogens (tertiary/aromatic N) is 4. The van der Waals surface area contributed by atoms with Crippen molar-refractivity contribution < 1.29 is 0 Å². The Morgan fingerprint density at radius 3 is 2.74 bits per heavy atom. The van der Waals surface area contributed by atoms with Crippen molar-refractivity contribution in [1.29, 1.82) is 0 Å². The SMILES string of the molecule is CC(C)c1[nH]nc2c(=O)n3c(nc12)C(C)N(C)CC3. The number of hydrogen-bond acceptors (Lipinski definition) is 4. The summed E-state index contributed by atoms with van der Waals surface area (Å²) in [6.07, 6.45) is 0. The molecule has 0 saturated heterocycles. The number of nitrogens with one attached hydrogen (secondary N) is 1. The van der Waals surface area contributed by atoms with Crippen LogP contribution in [0.3, 0.4) is 0 Å². The summed E-state index contributed by atoms with van der Waals surface area (Å²) < 4.78 is 1.76. The van der Waals surface area contributed by atoms with E-state index in [-0.39, 0.29) is 17.5 Å². The molecule has 0 spiro atoms. The molecule has 0 fully saturated rings. The summed E-state index contributed by atoms with van der Waals surface area (Å²) in [4.78, 5) is 19.4. The van der Waals surface area contributed by atoms with Gasteiger partial charge in [0.2, 0.25) is 0 Å². The maximum absolute atomic E-state index is 12.5. The van der Waals surface area contributed by atoms with Gasteiger partial charge in [0.15, 0.2) is 5.52 Å². The topological polar surface area (TPSA) is 66.8 Å². The van der Waals surface area contributed by atoms with Crippen LogP contribution in [0, 0.1) is 0 Å². The standard InChI is InChI=1S/C13H19N5O/c1-7(2)9-10-11(16-15-9)13(19)18-6-5-17(4)8(3)12(18)14-10/h7-8H,5-6H2,1-4H3,(H,15,16). The highest BCUT2D eigenvalue weighted by atomic mass is 16.1. The largest absolute Gasteiger partial charge is 0.295 e. The Hall–Kier alpha value is -1.69. The molecule has 0 amide bonds. The van der Waals surface area contributed by atoms with Crippen LogP contribution in [0.2, 0.25) is 0 Å². The zero-order valence-electron chi connectivity index (χ0n) is 11.8. The summed E-state index contributed by atoms with van der Waals surface area (Å²) in [6, 6.07) is 0.153. The number of likely N-dealkylation sites (N-methyl/N-ethyl adjacent to an activating group) is 1. The molecule has 0 bridgehead atoms. The molecule has 0 radical (unpaired) electrons. The van der Waals surface area contributed by atoms with Gasteiger partial charge >= 0.3 is 0 Å². The van der Waals surface area contributed by atoms with E-state index in [9.17, 15) is 4.79 Å². The normalized spacial score (nSPS) is 20.2. The minimum atomic E-state index is -0.0249. The van der Waals surface area contributed by atoms with Crippen molar-refractivity contribution in [3.8, 4) is 0 Å². The van der Waals surface area contributed by atoms with Crippen LogP contribution in [0.5, 0.6) is 0 Å². The van der Waals surface area contributed by atoms with Crippen LogP contribution >= 0.6 is 0 Å². The summed E-state index contributed by atoms with van der Waals surface area (Å²) in [5, 5.41) is 7.12. The van der Waals surface area contributed by atoms with Crippen molar-refractivity contribution in [3.63, 3.8) is 0 Å². The third-order valence-corrected chi connectivity index (χ3v) is 4.01. The van der Waals surface area contributed by atoms with Crippen LogP contribution in [-0.4, -0.2) is 38.2 Å². The monoisotopic (exact) mass is 261 g/mol. The third-order valence-electron chi connectivity index (χ3n) is 4.01. The Balaban J connectivity index is 2.32. The summed E-state index contributed by atoms with van der Waals surface area (Å²) in [5.74, 6) is 1.12. The minimum Gasteiger partial charge on any atom is -0.295 e. The summed E-state index contributed by atoms with van der Waals surface area (Å²) in [5.41, 5.74) is 2.11. The molecule has 2 aromatic heterocycles. The predicted molar refractivity (Wildman–Crippen MR) is 73.3 cm³/mol. The van der Waals surface area contributed by atoms with Crippen LogP contribution in [0.15, 0.2) is 4.79 Å². The smallest absolute Gasteiger partial charge is 0.282 e. The number of rotatable bonds is 1. The van der Waals surface area contributed by atoms with E-state index in [0.717, 1.165) is 23.6 Å². The molecular weight excluding hydrogens is 242 g/mol. The van der Waals surface area contributed by atoms with E-state index < -0.39 is 0 Å². The van der Waals surface area contributed by atoms with Crippen LogP contribution < -0.4 is 5.56 Å². The Bertz CT molecular complexity index is 684. The lowest BCUT2D eigenvalue weighted by Gasteiger charge is -2.31. The number of aromatic amines is 1. The summed E-state index contributed by atoms with van der Waals surface area (Å²) >= 11 is 0. The average molecular weight is 261 g/mol. The molecule has 6 heteroatoms. The molecule has 1 N–H and O–H groups in total. The first kappa shape index (κ1) is 12.3. The van der Waals surface area contributed by atoms with Crippen molar-refractivity contribution in [3.05, 3.63) is 21.9 Å². The molecule has 1 aliphatic rings. The Labute approximate surface area is 111 Å². The number of hydrogen-bond donors (Lipinski definition) is 1. The first-order valence-corrected chi connectivity index (χ1v) is 6.69. The number of aromatic nitrogens is 4. The quantitative estimate of drug-likeness (QED) is 0.839. The molecule has 6 nitrogen and oxygen atoms in total. The van der Waals surface area contributed by atoms with E-state index in [1.165, 1.54) is 0 Å². The Morgan fingerprint density at radius 1 is 1.32 bits per heavy atom. The molecule has 2 aromatic rings. The first-order valence-electron chi connectivity index (χ1n) is 6.69. The highest BCUT2D eigenvalue weighted by Gasteiger charge is 2.26. The van der Waals surface area contributed by atoms with E-state index in [0.29, 0.717) is 12.1 Å². The average Bonchev–Trinajstić information content (AvgIpc) is 2.79. The lowest BCUT2D eigenvalue weighted by Crippen LogP contribution is -2.40. The van der Waals surface area contributed by atoms with Crippen LogP contribution in [-0.2, 0) is 6.54 Å². The van der Waals surface area contributed by atoms with Gasteiger partial charge in [-0.3, -0.25) is 19.4 Å². The number of fused-ring (bicyclic) bond motifs is 2. The number of H-pyrrole nitrogens is 1. The van der Waals surface area contributed by atoms with Crippen LogP contribution in [0.1, 0.15) is 44.2 Å². The fourth-order valence-electron chi connectivity index (χ4n) is 2.60. The van der Waals surface area contributed by atoms with Gasteiger partial charge in [0.25, 0.3) is 5.56 Å². The lowest BCUT2D eigenvalue weighted by atomic mass is 10.1. The Kier molecular flexibility index (Phi) is 2.70. The molecule has 3 rings (SSSR count). The second-order valence-corrected chi connectivity index (χ2v) is 5.57. The van der Waals surface area contributed by atoms with Crippen LogP contribution in [0.4, 0.5) is 0 Å². The molecule has 3 heterocycles. The molecule has 19 heavy (non-hydrogen) atoms. The van der Waals surface area contributed by atoms with Gasteiger partial charge in [-0.1, -0.05) is 13.8 Å². The minimum absolute atomic E-state index is 0.0249. The predicted octanol–water partition coefficient (Wildman–Crippen LogP) is 1.25. The zero-order valence-corrected chi connectivity index (χ0v) is 11.8. The van der Waals surface area contributed by atoms with E-state index in [4.69, 9.17) is 4.98 Å². The van der Waals surface area contributed by atoms with Gasteiger partial charge in [-0.05, 0) is 19.9 Å². The molecule has 1 aliphatic heterocycles. The van der Waals surface area contributed by atoms with E-state index in [1.54, 1.807) is 4.57 Å². The third kappa shape index (κ3) is 1.70. The van der Waals surface area contributed by atoms with Crippen molar-refractivity contribution in [2.45, 2.75) is 39.3 Å². The summed E-state index contributed by atoms with van der Waals surface area (Å²) in [7, 11) is 2.06. The van der Waals surface area contributed by atoms with Crippen molar-refractivity contribution >= 4 is 11.0 Å². The zero-order chi connectivity index (χ0) is 13.7. The van der Waals surface area contributed by atoms with E-state index >= 15 is 0 Å². The molecule has 0 saturated carbocycles. The van der Waals surface area contributed by atoms with Crippen molar-refractivity contribution in [2.75, 3.05) is 13.6 Å². The molecule has 102 valence electrons. The maximum atomic E-state index is 12.5. The molecule has 1 unspecified atom stereocenters. The first-order chi connectivity index (χ1) is 9.00. The van der Waals surface area contributed by atoms with Crippen molar-refractivity contribution in [2.24, 2.45) is 0 Å². The molecule has 0 aliphatic carbocycles. The Morgan fingerprint density at radius 2 is 2.05 bits per heavy atom. The van der Waals surface area contributed by atoms with E-state index in [1.807, 2.05) is 0 Å². The fraction of sp³-hybridized carbons (Fsp3) is 0.615. The van der Waals surface area contributed by atoms with E-state index in [2.05, 4.69) is 42.9 Å². The van der Waals surface area contributed by atoms with Crippen LogP contribution in [0.25, 0.3) is 11.0 Å². The maximum Gasteiger partial charge on any atom is 0.282 e. The van der Waals surface area contributed by atoms with Gasteiger partial charge in [-0.2, -0.15) is 5.10 Å². The highest BCUT2D eigenvalue weighted by molar-refractivity contribution is 5.76. The molecular formula is C13H19N5O. The lowest BCUT2D eigenvalue weighted by molar-refractivity contribution is 0.201. The van der Waals surface area contributed by atoms with Gasteiger partial charge in [0, 0.05) is 13.1 Å². The summed E-state index contributed by atoms with van der Waals surface area (Å²) in [6.45, 7) is 7.77. The fourth-order valence-corrected chi connectivity index (χ4v) is 2.60.